The van der Waals surface area contributed by atoms with Gasteiger partial charge in [0.1, 0.15) is 4.90 Å². The van der Waals surface area contributed by atoms with Crippen LogP contribution in [0.3, 0.4) is 0 Å². The second-order valence-electron chi connectivity index (χ2n) is 5.68. The number of rotatable bonds is 6. The SMILES string of the molecule is Cc1cc(C)n(-c2ccc(=O)n(CCNS(=O)(=O)c3cccnc3)n2)n1. The highest BCUT2D eigenvalue weighted by Crippen LogP contribution is 2.08. The second-order valence-corrected chi connectivity index (χ2v) is 7.45. The molecule has 0 saturated heterocycles. The van der Waals surface area contributed by atoms with E-state index >= 15 is 0 Å². The van der Waals surface area contributed by atoms with Crippen LogP contribution in [0.1, 0.15) is 11.4 Å². The van der Waals surface area contributed by atoms with Crippen molar-refractivity contribution in [3.05, 3.63) is 64.5 Å². The molecule has 0 aliphatic carbocycles. The maximum atomic E-state index is 12.2. The third-order valence-electron chi connectivity index (χ3n) is 3.64. The lowest BCUT2D eigenvalue weighted by molar-refractivity contribution is 0.541. The van der Waals surface area contributed by atoms with Gasteiger partial charge in [-0.2, -0.15) is 5.10 Å². The first kappa shape index (κ1) is 18.0. The molecule has 0 atom stereocenters. The average molecular weight is 374 g/mol. The molecule has 3 aromatic heterocycles. The minimum Gasteiger partial charge on any atom is -0.268 e. The summed E-state index contributed by atoms with van der Waals surface area (Å²) < 4.78 is 29.6. The van der Waals surface area contributed by atoms with Crippen molar-refractivity contribution < 1.29 is 8.42 Å². The minimum absolute atomic E-state index is 0.0186. The Bertz CT molecular complexity index is 1070. The first-order chi connectivity index (χ1) is 12.4. The van der Waals surface area contributed by atoms with E-state index in [-0.39, 0.29) is 23.5 Å². The Morgan fingerprint density at radius 2 is 1.96 bits per heavy atom. The van der Waals surface area contributed by atoms with Crippen molar-refractivity contribution in [3.63, 3.8) is 0 Å². The molecule has 0 aromatic carbocycles. The van der Waals surface area contributed by atoms with E-state index in [9.17, 15) is 13.2 Å². The lowest BCUT2D eigenvalue weighted by Gasteiger charge is -2.09. The monoisotopic (exact) mass is 374 g/mol. The van der Waals surface area contributed by atoms with E-state index in [2.05, 4.69) is 19.9 Å². The summed E-state index contributed by atoms with van der Waals surface area (Å²) in [6.45, 7) is 3.86. The molecule has 3 rings (SSSR count). The van der Waals surface area contributed by atoms with E-state index in [1.807, 2.05) is 19.9 Å². The zero-order valence-electron chi connectivity index (χ0n) is 14.3. The minimum atomic E-state index is -3.68. The van der Waals surface area contributed by atoms with Crippen molar-refractivity contribution >= 4 is 10.0 Å². The van der Waals surface area contributed by atoms with Gasteiger partial charge in [0.05, 0.1) is 12.2 Å². The van der Waals surface area contributed by atoms with Gasteiger partial charge in [0.2, 0.25) is 10.0 Å². The standard InChI is InChI=1S/C16H18N6O3S/c1-12-10-13(2)22(19-12)15-5-6-16(23)21(20-15)9-8-18-26(24,25)14-4-3-7-17-11-14/h3-7,10-11,18H,8-9H2,1-2H3. The van der Waals surface area contributed by atoms with Crippen LogP contribution in [0, 0.1) is 13.8 Å². The maximum absolute atomic E-state index is 12.2. The van der Waals surface area contributed by atoms with Crippen molar-refractivity contribution in [3.8, 4) is 5.82 Å². The predicted octanol–water partition coefficient (Wildman–Crippen LogP) is 0.419. The van der Waals surface area contributed by atoms with Crippen LogP contribution < -0.4 is 10.3 Å². The van der Waals surface area contributed by atoms with E-state index in [0.29, 0.717) is 5.82 Å². The van der Waals surface area contributed by atoms with E-state index < -0.39 is 10.0 Å². The van der Waals surface area contributed by atoms with Crippen LogP contribution >= 0.6 is 0 Å². The summed E-state index contributed by atoms with van der Waals surface area (Å²) >= 11 is 0. The molecule has 0 radical (unpaired) electrons. The lowest BCUT2D eigenvalue weighted by atomic mass is 10.4. The van der Waals surface area contributed by atoms with Gasteiger partial charge in [-0.05, 0) is 38.1 Å². The number of hydrogen-bond donors (Lipinski definition) is 1. The molecular formula is C16H18N6O3S. The smallest absolute Gasteiger partial charge is 0.266 e. The van der Waals surface area contributed by atoms with Crippen LogP contribution in [0.25, 0.3) is 5.82 Å². The lowest BCUT2D eigenvalue weighted by Crippen LogP contribution is -2.32. The van der Waals surface area contributed by atoms with Crippen LogP contribution in [-0.4, -0.2) is 39.5 Å². The molecule has 0 aliphatic rings. The molecule has 26 heavy (non-hydrogen) atoms. The van der Waals surface area contributed by atoms with Crippen LogP contribution in [0.15, 0.2) is 52.4 Å². The molecule has 0 spiro atoms. The number of hydrogen-bond acceptors (Lipinski definition) is 6. The number of nitrogens with zero attached hydrogens (tertiary/aromatic N) is 5. The fraction of sp³-hybridized carbons (Fsp3) is 0.250. The molecule has 136 valence electrons. The summed E-state index contributed by atoms with van der Waals surface area (Å²) in [5.74, 6) is 0.491. The average Bonchev–Trinajstić information content (AvgIpc) is 2.95. The van der Waals surface area contributed by atoms with E-state index in [4.69, 9.17) is 0 Å². The van der Waals surface area contributed by atoms with Gasteiger partial charge in [-0.1, -0.05) is 0 Å². The van der Waals surface area contributed by atoms with Crippen molar-refractivity contribution in [1.82, 2.24) is 29.3 Å². The van der Waals surface area contributed by atoms with Gasteiger partial charge in [-0.25, -0.2) is 22.5 Å². The first-order valence-electron chi connectivity index (χ1n) is 7.88. The predicted molar refractivity (Wildman–Crippen MR) is 94.5 cm³/mol. The van der Waals surface area contributed by atoms with Crippen LogP contribution in [0.5, 0.6) is 0 Å². The van der Waals surface area contributed by atoms with Gasteiger partial charge < -0.3 is 0 Å². The number of sulfonamides is 1. The number of aromatic nitrogens is 5. The van der Waals surface area contributed by atoms with E-state index in [0.717, 1.165) is 11.4 Å². The number of nitrogens with one attached hydrogen (secondary N) is 1. The van der Waals surface area contributed by atoms with Gasteiger partial charge in [-0.15, -0.1) is 5.10 Å². The molecule has 1 N–H and O–H groups in total. The molecule has 0 bridgehead atoms. The molecule has 0 fully saturated rings. The molecule has 0 unspecified atom stereocenters. The van der Waals surface area contributed by atoms with Crippen molar-refractivity contribution in [2.24, 2.45) is 0 Å². The normalized spacial score (nSPS) is 11.6. The zero-order chi connectivity index (χ0) is 18.7. The molecule has 0 aliphatic heterocycles. The summed E-state index contributed by atoms with van der Waals surface area (Å²) in [6.07, 6.45) is 2.75. The molecule has 0 amide bonds. The highest BCUT2D eigenvalue weighted by atomic mass is 32.2. The molecule has 3 aromatic rings. The van der Waals surface area contributed by atoms with Crippen LogP contribution in [-0.2, 0) is 16.6 Å². The highest BCUT2D eigenvalue weighted by Gasteiger charge is 2.13. The van der Waals surface area contributed by atoms with Gasteiger partial charge >= 0.3 is 0 Å². The van der Waals surface area contributed by atoms with Crippen LogP contribution in [0.4, 0.5) is 0 Å². The van der Waals surface area contributed by atoms with E-state index in [1.54, 1.807) is 16.8 Å². The number of pyridine rings is 1. The third-order valence-corrected chi connectivity index (χ3v) is 5.09. The van der Waals surface area contributed by atoms with Gasteiger partial charge in [0, 0.05) is 30.7 Å². The molecular weight excluding hydrogens is 356 g/mol. The van der Waals surface area contributed by atoms with Crippen LogP contribution in [0.2, 0.25) is 0 Å². The Balaban J connectivity index is 1.75. The van der Waals surface area contributed by atoms with Gasteiger partial charge in [-0.3, -0.25) is 9.78 Å². The van der Waals surface area contributed by atoms with Gasteiger partial charge in [0.25, 0.3) is 5.56 Å². The fourth-order valence-corrected chi connectivity index (χ4v) is 3.43. The Hall–Kier alpha value is -2.85. The van der Waals surface area contributed by atoms with Crippen molar-refractivity contribution in [1.29, 1.82) is 0 Å². The Morgan fingerprint density at radius 1 is 1.15 bits per heavy atom. The fourth-order valence-electron chi connectivity index (χ4n) is 2.45. The second kappa shape index (κ2) is 7.18. The molecule has 9 nitrogen and oxygen atoms in total. The van der Waals surface area contributed by atoms with Gasteiger partial charge in [0.15, 0.2) is 5.82 Å². The summed E-state index contributed by atoms with van der Waals surface area (Å²) in [6, 6.07) is 7.85. The summed E-state index contributed by atoms with van der Waals surface area (Å²) in [5, 5.41) is 8.60. The largest absolute Gasteiger partial charge is 0.268 e. The topological polar surface area (TPSA) is 112 Å². The van der Waals surface area contributed by atoms with Crippen molar-refractivity contribution in [2.45, 2.75) is 25.3 Å². The zero-order valence-corrected chi connectivity index (χ0v) is 15.1. The number of aryl methyl sites for hydroxylation is 2. The summed E-state index contributed by atoms with van der Waals surface area (Å²) in [7, 11) is -3.68. The Morgan fingerprint density at radius 3 is 2.62 bits per heavy atom. The Labute approximate surface area is 150 Å². The van der Waals surface area contributed by atoms with Crippen molar-refractivity contribution in [2.75, 3.05) is 6.54 Å². The Kier molecular flexibility index (Phi) is 4.96. The third kappa shape index (κ3) is 3.86. The van der Waals surface area contributed by atoms with E-state index in [1.165, 1.54) is 29.2 Å². The molecule has 3 heterocycles. The maximum Gasteiger partial charge on any atom is 0.266 e. The summed E-state index contributed by atoms with van der Waals surface area (Å²) in [5.41, 5.74) is 1.40. The highest BCUT2D eigenvalue weighted by molar-refractivity contribution is 7.89. The molecule has 0 saturated carbocycles. The molecule has 10 heteroatoms. The quantitative estimate of drug-likeness (QED) is 0.669. The first-order valence-corrected chi connectivity index (χ1v) is 9.37. The summed E-state index contributed by atoms with van der Waals surface area (Å²) in [4.78, 5) is 15.9.